The number of rotatable bonds is 5. The largest absolute Gasteiger partial charge is 0.471 e. The van der Waals surface area contributed by atoms with Crippen LogP contribution in [0.3, 0.4) is 0 Å². The summed E-state index contributed by atoms with van der Waals surface area (Å²) in [5.74, 6) is -0.511. The number of ether oxygens (including phenoxy) is 2. The van der Waals surface area contributed by atoms with Crippen molar-refractivity contribution in [1.29, 1.82) is 5.26 Å². The normalized spacial score (nSPS) is 23.4. The molecule has 2 atom stereocenters. The molecule has 4 rings (SSSR count). The van der Waals surface area contributed by atoms with Crippen LogP contribution >= 0.6 is 11.6 Å². The van der Waals surface area contributed by atoms with Crippen LogP contribution in [0.5, 0.6) is 5.88 Å². The second kappa shape index (κ2) is 9.18. The summed E-state index contributed by atoms with van der Waals surface area (Å²) in [6, 6.07) is 6.72. The number of piperidine rings is 1. The number of nitrogens with zero attached hydrogens (tertiary/aromatic N) is 4. The van der Waals surface area contributed by atoms with E-state index in [1.807, 2.05) is 6.07 Å². The van der Waals surface area contributed by atoms with Gasteiger partial charge in [0.05, 0.1) is 35.6 Å². The van der Waals surface area contributed by atoms with Gasteiger partial charge in [0.15, 0.2) is 5.82 Å². The number of nitriles is 1. The summed E-state index contributed by atoms with van der Waals surface area (Å²) in [5.41, 5.74) is 1.06. The van der Waals surface area contributed by atoms with E-state index < -0.39 is 5.82 Å². The second-order valence-corrected chi connectivity index (χ2v) is 10.1. The maximum absolute atomic E-state index is 15.2. The summed E-state index contributed by atoms with van der Waals surface area (Å²) < 4.78 is 27.1. The van der Waals surface area contributed by atoms with Crippen molar-refractivity contribution in [2.75, 3.05) is 38.2 Å². The van der Waals surface area contributed by atoms with Gasteiger partial charge in [0, 0.05) is 31.5 Å². The van der Waals surface area contributed by atoms with Crippen LogP contribution in [0, 0.1) is 34.4 Å². The van der Waals surface area contributed by atoms with Crippen LogP contribution in [0.25, 0.3) is 0 Å². The van der Waals surface area contributed by atoms with Gasteiger partial charge < -0.3 is 19.7 Å². The molecule has 2 fully saturated rings. The smallest absolute Gasteiger partial charge is 0.256 e. The molecule has 32 heavy (non-hydrogen) atoms. The molecule has 170 valence electrons. The number of hydrogen-bond donors (Lipinski definition) is 1. The highest BCUT2D eigenvalue weighted by molar-refractivity contribution is 6.33. The molecule has 0 aliphatic carbocycles. The zero-order valence-electron chi connectivity index (χ0n) is 18.4. The molecule has 0 radical (unpaired) electrons. The minimum atomic E-state index is -0.677. The van der Waals surface area contributed by atoms with Crippen molar-refractivity contribution in [2.45, 2.75) is 26.9 Å². The molecule has 2 unspecified atom stereocenters. The third kappa shape index (κ3) is 5.12. The minimum absolute atomic E-state index is 0.0341. The average Bonchev–Trinajstić information content (AvgIpc) is 2.71. The van der Waals surface area contributed by atoms with Crippen molar-refractivity contribution < 1.29 is 13.9 Å². The third-order valence-electron chi connectivity index (χ3n) is 5.63. The molecule has 7 nitrogen and oxygen atoms in total. The van der Waals surface area contributed by atoms with Gasteiger partial charge >= 0.3 is 0 Å². The zero-order valence-corrected chi connectivity index (χ0v) is 19.2. The summed E-state index contributed by atoms with van der Waals surface area (Å²) in [6.45, 7) is 10.5. The van der Waals surface area contributed by atoms with Crippen LogP contribution in [-0.2, 0) is 4.74 Å². The Labute approximate surface area is 192 Å². The summed E-state index contributed by atoms with van der Waals surface area (Å²) in [7, 11) is 0. The monoisotopic (exact) mass is 459 g/mol. The van der Waals surface area contributed by atoms with Gasteiger partial charge in [-0.2, -0.15) is 14.6 Å². The Balaban J connectivity index is 1.50. The van der Waals surface area contributed by atoms with Crippen LogP contribution < -0.4 is 10.1 Å². The van der Waals surface area contributed by atoms with E-state index in [1.165, 1.54) is 12.4 Å². The van der Waals surface area contributed by atoms with E-state index >= 15 is 4.39 Å². The van der Waals surface area contributed by atoms with E-state index in [1.54, 1.807) is 12.1 Å². The molecule has 3 heterocycles. The number of aromatic nitrogens is 2. The van der Waals surface area contributed by atoms with Crippen molar-refractivity contribution in [3.05, 3.63) is 40.9 Å². The predicted octanol–water partition coefficient (Wildman–Crippen LogP) is 4.26. The number of fused-ring (bicyclic) bond motifs is 2. The summed E-state index contributed by atoms with van der Waals surface area (Å²) >= 11 is 6.20. The lowest BCUT2D eigenvalue weighted by Crippen LogP contribution is -2.58. The number of likely N-dealkylation sites (tertiary alicyclic amines) is 1. The lowest BCUT2D eigenvalue weighted by atomic mass is 9.83. The second-order valence-electron chi connectivity index (χ2n) is 9.67. The van der Waals surface area contributed by atoms with Crippen molar-refractivity contribution in [2.24, 2.45) is 17.3 Å². The molecule has 1 aromatic carbocycles. The first-order valence-corrected chi connectivity index (χ1v) is 11.1. The Morgan fingerprint density at radius 2 is 2.00 bits per heavy atom. The van der Waals surface area contributed by atoms with E-state index in [-0.39, 0.29) is 35.1 Å². The van der Waals surface area contributed by atoms with Crippen LogP contribution in [-0.4, -0.2) is 53.8 Å². The standard InChI is InChI=1S/C23H27ClFN5O2/c1-23(2,3)12-30-8-15-10-31-11-16(9-30)20(15)32-22-19(25)21(27-13-28-22)29-18-5-4-14(7-26)6-17(18)24/h4-6,13,15-16,20H,8-12H2,1-3H3,(H,27,28,29). The predicted molar refractivity (Wildman–Crippen MR) is 120 cm³/mol. The van der Waals surface area contributed by atoms with Gasteiger partial charge in [-0.15, -0.1) is 0 Å². The lowest BCUT2D eigenvalue weighted by molar-refractivity contribution is -0.119. The highest BCUT2D eigenvalue weighted by Crippen LogP contribution is 2.34. The van der Waals surface area contributed by atoms with Crippen LogP contribution in [0.2, 0.25) is 5.02 Å². The topological polar surface area (TPSA) is 83.3 Å². The number of benzene rings is 1. The summed E-state index contributed by atoms with van der Waals surface area (Å²) in [6.07, 6.45) is 1.09. The van der Waals surface area contributed by atoms with E-state index in [0.717, 1.165) is 19.6 Å². The van der Waals surface area contributed by atoms with Crippen molar-refractivity contribution >= 4 is 23.1 Å². The van der Waals surface area contributed by atoms with Crippen LogP contribution in [0.1, 0.15) is 26.3 Å². The summed E-state index contributed by atoms with van der Waals surface area (Å²) in [5, 5.41) is 12.1. The van der Waals surface area contributed by atoms with Crippen molar-refractivity contribution in [3.63, 3.8) is 0 Å². The fraction of sp³-hybridized carbons (Fsp3) is 0.522. The fourth-order valence-corrected chi connectivity index (χ4v) is 4.68. The van der Waals surface area contributed by atoms with Gasteiger partial charge in [-0.1, -0.05) is 32.4 Å². The highest BCUT2D eigenvalue weighted by Gasteiger charge is 2.43. The van der Waals surface area contributed by atoms with Crippen molar-refractivity contribution in [1.82, 2.24) is 14.9 Å². The summed E-state index contributed by atoms with van der Waals surface area (Å²) in [4.78, 5) is 10.5. The molecule has 1 aromatic heterocycles. The van der Waals surface area contributed by atoms with E-state index in [0.29, 0.717) is 29.5 Å². The molecular formula is C23H27ClFN5O2. The number of hydrogen-bond acceptors (Lipinski definition) is 7. The Morgan fingerprint density at radius 1 is 1.28 bits per heavy atom. The van der Waals surface area contributed by atoms with Crippen LogP contribution in [0.4, 0.5) is 15.9 Å². The Morgan fingerprint density at radius 3 is 2.62 bits per heavy atom. The van der Waals surface area contributed by atoms with Gasteiger partial charge in [0.2, 0.25) is 5.82 Å². The maximum Gasteiger partial charge on any atom is 0.256 e. The highest BCUT2D eigenvalue weighted by atomic mass is 35.5. The average molecular weight is 460 g/mol. The number of halogens is 2. The SMILES string of the molecule is CC(C)(C)CN1CC2COCC(C1)C2Oc1ncnc(Nc2ccc(C#N)cc2Cl)c1F. The van der Waals surface area contributed by atoms with Gasteiger partial charge in [-0.05, 0) is 23.6 Å². The minimum Gasteiger partial charge on any atom is -0.471 e. The Bertz CT molecular complexity index is 1010. The maximum atomic E-state index is 15.2. The quantitative estimate of drug-likeness (QED) is 0.715. The molecule has 0 amide bonds. The molecule has 0 saturated carbocycles. The molecular weight excluding hydrogens is 433 g/mol. The molecule has 9 heteroatoms. The molecule has 2 aliphatic rings. The molecule has 2 aromatic rings. The molecule has 2 bridgehead atoms. The van der Waals surface area contributed by atoms with Gasteiger partial charge in [0.25, 0.3) is 5.88 Å². The molecule has 1 N–H and O–H groups in total. The first-order valence-electron chi connectivity index (χ1n) is 10.7. The Hall–Kier alpha value is -2.47. The van der Waals surface area contributed by atoms with Gasteiger partial charge in [-0.25, -0.2) is 4.98 Å². The Kier molecular flexibility index (Phi) is 6.52. The molecule has 2 aliphatic heterocycles. The fourth-order valence-electron chi connectivity index (χ4n) is 4.45. The third-order valence-corrected chi connectivity index (χ3v) is 5.95. The van der Waals surface area contributed by atoms with Gasteiger partial charge in [-0.3, -0.25) is 0 Å². The lowest BCUT2D eigenvalue weighted by Gasteiger charge is -2.47. The van der Waals surface area contributed by atoms with Crippen LogP contribution in [0.15, 0.2) is 24.5 Å². The number of anilines is 2. The van der Waals surface area contributed by atoms with E-state index in [2.05, 4.69) is 41.0 Å². The first kappa shape index (κ1) is 22.7. The number of nitrogens with one attached hydrogen (secondary N) is 1. The molecule has 2 saturated heterocycles. The van der Waals surface area contributed by atoms with Crippen molar-refractivity contribution in [3.8, 4) is 11.9 Å². The zero-order chi connectivity index (χ0) is 22.9. The van der Waals surface area contributed by atoms with E-state index in [4.69, 9.17) is 26.3 Å². The first-order chi connectivity index (χ1) is 15.2. The molecule has 0 spiro atoms. The van der Waals surface area contributed by atoms with E-state index in [9.17, 15) is 0 Å². The van der Waals surface area contributed by atoms with Gasteiger partial charge in [0.1, 0.15) is 12.4 Å².